The Bertz CT molecular complexity index is 1410. The fourth-order valence-corrected chi connectivity index (χ4v) is 4.06. The van der Waals surface area contributed by atoms with Gasteiger partial charge in [-0.05, 0) is 59.4 Å². The van der Waals surface area contributed by atoms with Crippen LogP contribution in [-0.4, -0.2) is 44.3 Å². The molecule has 210 valence electrons. The molecular weight excluding hydrogens is 520 g/mol. The summed E-state index contributed by atoms with van der Waals surface area (Å²) < 4.78 is 12.3. The van der Waals surface area contributed by atoms with Gasteiger partial charge in [0, 0.05) is 11.1 Å². The van der Waals surface area contributed by atoms with Crippen LogP contribution in [0, 0.1) is 0 Å². The Balaban J connectivity index is 2.19. The van der Waals surface area contributed by atoms with Crippen molar-refractivity contribution in [3.63, 3.8) is 0 Å². The van der Waals surface area contributed by atoms with Gasteiger partial charge >= 0.3 is 23.9 Å². The fourth-order valence-electron chi connectivity index (χ4n) is 4.06. The Hall–Kier alpha value is -4.86. The predicted octanol–water partition coefficient (Wildman–Crippen LogP) is 6.66. The number of benzene rings is 3. The van der Waals surface area contributed by atoms with Gasteiger partial charge in [-0.3, -0.25) is 0 Å². The van der Waals surface area contributed by atoms with E-state index in [0.717, 1.165) is 12.1 Å². The molecule has 0 heterocycles. The number of carbonyl (C=O) groups is 4. The maximum Gasteiger partial charge on any atom is 0.336 e. The van der Waals surface area contributed by atoms with E-state index in [0.29, 0.717) is 22.6 Å². The summed E-state index contributed by atoms with van der Waals surface area (Å²) in [6.45, 7) is 11.6. The highest BCUT2D eigenvalue weighted by molar-refractivity contribution is 6.02. The zero-order chi connectivity index (χ0) is 30.2. The maximum atomic E-state index is 11.7. The molecule has 0 saturated heterocycles. The highest BCUT2D eigenvalue weighted by atomic mass is 16.5. The molecule has 0 saturated carbocycles. The summed E-state index contributed by atoms with van der Waals surface area (Å²) in [6.07, 6.45) is 0. The van der Waals surface area contributed by atoms with E-state index in [4.69, 9.17) is 9.47 Å². The van der Waals surface area contributed by atoms with Gasteiger partial charge in [0.05, 0.1) is 22.3 Å². The standard InChI is InChI=1S/C30H30O10/c1-29(2,3)21-13-24(40-16-8-10-18(26(33)34)20(12-16)28(37)38)22(30(4,5)6)14-23(21)39-15-7-9-17(25(31)32)19(11-15)27(35)36/h7-14H,1-6H3,(H,31,32)(H,33,34)(H,35,36)(H,37,38). The highest BCUT2D eigenvalue weighted by Gasteiger charge is 2.28. The lowest BCUT2D eigenvalue weighted by Gasteiger charge is -2.29. The molecule has 0 fully saturated rings. The van der Waals surface area contributed by atoms with Gasteiger partial charge in [0.1, 0.15) is 23.0 Å². The van der Waals surface area contributed by atoms with E-state index in [2.05, 4.69) is 0 Å². The summed E-state index contributed by atoms with van der Waals surface area (Å²) in [6, 6.07) is 10.9. The summed E-state index contributed by atoms with van der Waals surface area (Å²) in [5, 5.41) is 37.7. The summed E-state index contributed by atoms with van der Waals surface area (Å²) in [5.74, 6) is -4.56. The average molecular weight is 551 g/mol. The van der Waals surface area contributed by atoms with Crippen LogP contribution in [0.4, 0.5) is 0 Å². The first-order valence-electron chi connectivity index (χ1n) is 12.2. The van der Waals surface area contributed by atoms with Crippen molar-refractivity contribution in [3.05, 3.63) is 81.9 Å². The number of rotatable bonds is 8. The quantitative estimate of drug-likeness (QED) is 0.238. The van der Waals surface area contributed by atoms with Crippen molar-refractivity contribution in [1.82, 2.24) is 0 Å². The van der Waals surface area contributed by atoms with Crippen molar-refractivity contribution in [2.75, 3.05) is 0 Å². The largest absolute Gasteiger partial charge is 0.478 e. The smallest absolute Gasteiger partial charge is 0.336 e. The van der Waals surface area contributed by atoms with Crippen LogP contribution in [0.3, 0.4) is 0 Å². The Kier molecular flexibility index (Phi) is 7.96. The van der Waals surface area contributed by atoms with Crippen LogP contribution in [0.1, 0.15) is 94.1 Å². The second-order valence-electron chi connectivity index (χ2n) is 11.2. The third-order valence-corrected chi connectivity index (χ3v) is 6.06. The minimum absolute atomic E-state index is 0.122. The van der Waals surface area contributed by atoms with E-state index < -0.39 is 45.8 Å². The zero-order valence-corrected chi connectivity index (χ0v) is 22.9. The van der Waals surface area contributed by atoms with Crippen molar-refractivity contribution < 1.29 is 49.1 Å². The molecule has 40 heavy (non-hydrogen) atoms. The Morgan fingerprint density at radius 2 is 0.800 bits per heavy atom. The second-order valence-corrected chi connectivity index (χ2v) is 11.2. The molecule has 0 radical (unpaired) electrons. The number of hydrogen-bond donors (Lipinski definition) is 4. The molecule has 0 aliphatic heterocycles. The van der Waals surface area contributed by atoms with Crippen LogP contribution in [0.15, 0.2) is 48.5 Å². The third-order valence-electron chi connectivity index (χ3n) is 6.06. The Labute approximate surface area is 230 Å². The van der Waals surface area contributed by atoms with Crippen molar-refractivity contribution in [3.8, 4) is 23.0 Å². The van der Waals surface area contributed by atoms with Crippen LogP contribution >= 0.6 is 0 Å². The molecule has 0 aliphatic rings. The molecule has 4 N–H and O–H groups in total. The molecule has 3 aromatic carbocycles. The monoisotopic (exact) mass is 550 g/mol. The van der Waals surface area contributed by atoms with E-state index >= 15 is 0 Å². The Morgan fingerprint density at radius 3 is 1.05 bits per heavy atom. The molecule has 10 heteroatoms. The third kappa shape index (κ3) is 6.40. The van der Waals surface area contributed by atoms with Gasteiger partial charge < -0.3 is 29.9 Å². The topological polar surface area (TPSA) is 168 Å². The van der Waals surface area contributed by atoms with Gasteiger partial charge in [0.25, 0.3) is 0 Å². The minimum Gasteiger partial charge on any atom is -0.478 e. The maximum absolute atomic E-state index is 11.7. The lowest BCUT2D eigenvalue weighted by molar-refractivity contribution is 0.0651. The molecule has 0 spiro atoms. The SMILES string of the molecule is CC(C)(C)c1cc(Oc2ccc(C(=O)O)c(C(=O)O)c2)c(C(C)(C)C)cc1Oc1ccc(C(=O)O)c(C(=O)O)c1. The first-order chi connectivity index (χ1) is 18.4. The summed E-state index contributed by atoms with van der Waals surface area (Å²) in [4.78, 5) is 46.3. The van der Waals surface area contributed by atoms with E-state index in [9.17, 15) is 39.6 Å². The fraction of sp³-hybridized carbons (Fsp3) is 0.267. The number of carboxylic acids is 4. The van der Waals surface area contributed by atoms with E-state index in [-0.39, 0.29) is 22.6 Å². The number of ether oxygens (including phenoxy) is 2. The molecule has 0 aliphatic carbocycles. The molecule has 10 nitrogen and oxygen atoms in total. The highest BCUT2D eigenvalue weighted by Crippen LogP contribution is 2.44. The molecule has 3 aromatic rings. The molecule has 3 rings (SSSR count). The van der Waals surface area contributed by atoms with Gasteiger partial charge in [0.2, 0.25) is 0 Å². The molecular formula is C30H30O10. The van der Waals surface area contributed by atoms with E-state index in [1.807, 2.05) is 41.5 Å². The molecule has 0 amide bonds. The van der Waals surface area contributed by atoms with Gasteiger partial charge in [0.15, 0.2) is 0 Å². The van der Waals surface area contributed by atoms with Gasteiger partial charge in [-0.15, -0.1) is 0 Å². The van der Waals surface area contributed by atoms with Gasteiger partial charge in [-0.25, -0.2) is 19.2 Å². The van der Waals surface area contributed by atoms with Crippen molar-refractivity contribution in [2.45, 2.75) is 52.4 Å². The van der Waals surface area contributed by atoms with Gasteiger partial charge in [-0.1, -0.05) is 41.5 Å². The van der Waals surface area contributed by atoms with Crippen LogP contribution in [-0.2, 0) is 10.8 Å². The summed E-state index contributed by atoms with van der Waals surface area (Å²) in [7, 11) is 0. The van der Waals surface area contributed by atoms with Crippen molar-refractivity contribution in [2.24, 2.45) is 0 Å². The van der Waals surface area contributed by atoms with Crippen LogP contribution in [0.2, 0.25) is 0 Å². The predicted molar refractivity (Wildman–Crippen MR) is 145 cm³/mol. The molecule has 0 aromatic heterocycles. The number of aromatic carboxylic acids is 4. The van der Waals surface area contributed by atoms with E-state index in [1.165, 1.54) is 24.3 Å². The number of hydrogen-bond acceptors (Lipinski definition) is 6. The molecule has 0 bridgehead atoms. The van der Waals surface area contributed by atoms with Crippen LogP contribution in [0.25, 0.3) is 0 Å². The second kappa shape index (κ2) is 10.7. The van der Waals surface area contributed by atoms with Gasteiger partial charge in [-0.2, -0.15) is 0 Å². The van der Waals surface area contributed by atoms with E-state index in [1.54, 1.807) is 12.1 Å². The van der Waals surface area contributed by atoms with Crippen molar-refractivity contribution >= 4 is 23.9 Å². The zero-order valence-electron chi connectivity index (χ0n) is 22.9. The van der Waals surface area contributed by atoms with Crippen LogP contribution in [0.5, 0.6) is 23.0 Å². The average Bonchev–Trinajstić information content (AvgIpc) is 2.82. The summed E-state index contributed by atoms with van der Waals surface area (Å²) in [5.41, 5.74) is -1.28. The lowest BCUT2D eigenvalue weighted by Crippen LogP contribution is -2.17. The minimum atomic E-state index is -1.41. The number of carboxylic acid groups (broad SMARTS) is 4. The summed E-state index contributed by atoms with van der Waals surface area (Å²) >= 11 is 0. The van der Waals surface area contributed by atoms with Crippen molar-refractivity contribution in [1.29, 1.82) is 0 Å². The first kappa shape index (κ1) is 29.7. The van der Waals surface area contributed by atoms with Crippen LogP contribution < -0.4 is 9.47 Å². The lowest BCUT2D eigenvalue weighted by atomic mass is 9.81. The molecule has 0 atom stereocenters. The Morgan fingerprint density at radius 1 is 0.500 bits per heavy atom. The normalized spacial score (nSPS) is 11.6. The first-order valence-corrected chi connectivity index (χ1v) is 12.2. The molecule has 0 unspecified atom stereocenters.